The highest BCUT2D eigenvalue weighted by Gasteiger charge is 1.99. The molecule has 0 radical (unpaired) electrons. The zero-order valence-corrected chi connectivity index (χ0v) is 9.51. The van der Waals surface area contributed by atoms with E-state index in [1.165, 1.54) is 11.9 Å². The molecular weight excluding hydrogens is 216 g/mol. The van der Waals surface area contributed by atoms with Gasteiger partial charge in [-0.05, 0) is 24.1 Å². The minimum Gasteiger partial charge on any atom is -0.366 e. The van der Waals surface area contributed by atoms with Gasteiger partial charge < -0.3 is 10.7 Å². The molecule has 17 heavy (non-hydrogen) atoms. The number of aryl methyl sites for hydroxylation is 1. The molecule has 0 saturated carbocycles. The first kappa shape index (κ1) is 11.3. The first-order valence-corrected chi connectivity index (χ1v) is 5.21. The summed E-state index contributed by atoms with van der Waals surface area (Å²) in [5.41, 5.74) is 4.80. The normalized spacial score (nSPS) is 10.0. The molecule has 88 valence electrons. The lowest BCUT2D eigenvalue weighted by atomic mass is 10.1. The van der Waals surface area contributed by atoms with Gasteiger partial charge in [0.2, 0.25) is 0 Å². The van der Waals surface area contributed by atoms with Gasteiger partial charge in [0.15, 0.2) is 0 Å². The van der Waals surface area contributed by atoms with Crippen molar-refractivity contribution in [2.45, 2.75) is 13.5 Å². The van der Waals surface area contributed by atoms with Crippen molar-refractivity contribution in [2.24, 2.45) is 5.84 Å². The molecule has 2 heterocycles. The Bertz CT molecular complexity index is 499. The fourth-order valence-corrected chi connectivity index (χ4v) is 1.42. The van der Waals surface area contributed by atoms with Crippen LogP contribution in [0.2, 0.25) is 0 Å². The van der Waals surface area contributed by atoms with Gasteiger partial charge in [0.25, 0.3) is 0 Å². The first-order chi connectivity index (χ1) is 8.29. The van der Waals surface area contributed by atoms with Crippen molar-refractivity contribution in [3.63, 3.8) is 0 Å². The molecule has 2 aromatic heterocycles. The Labute approximate surface area is 99.3 Å². The van der Waals surface area contributed by atoms with Crippen LogP contribution in [0.4, 0.5) is 11.6 Å². The molecule has 6 heteroatoms. The molecule has 0 atom stereocenters. The number of hydrogen-bond acceptors (Lipinski definition) is 6. The van der Waals surface area contributed by atoms with Gasteiger partial charge in [-0.1, -0.05) is 0 Å². The highest BCUT2D eigenvalue weighted by atomic mass is 15.3. The molecule has 2 aromatic rings. The monoisotopic (exact) mass is 230 g/mol. The number of nitrogens with zero attached hydrogens (tertiary/aromatic N) is 3. The Balaban J connectivity index is 2.05. The number of pyridine rings is 1. The van der Waals surface area contributed by atoms with Gasteiger partial charge in [0.05, 0.1) is 0 Å². The number of hydrazine groups is 1. The predicted octanol–water partition coefficient (Wildman–Crippen LogP) is 1.08. The molecule has 0 bridgehead atoms. The minimum absolute atomic E-state index is 0.578. The fraction of sp³-hybridized carbons (Fsp3) is 0.182. The van der Waals surface area contributed by atoms with Gasteiger partial charge in [0.1, 0.15) is 18.0 Å². The maximum atomic E-state index is 5.27. The Hall–Kier alpha value is -2.21. The van der Waals surface area contributed by atoms with E-state index in [0.29, 0.717) is 12.4 Å². The largest absolute Gasteiger partial charge is 0.366 e. The van der Waals surface area contributed by atoms with Gasteiger partial charge in [-0.3, -0.25) is 4.98 Å². The zero-order valence-electron chi connectivity index (χ0n) is 9.51. The highest BCUT2D eigenvalue weighted by molar-refractivity contribution is 5.46. The predicted molar refractivity (Wildman–Crippen MR) is 66.1 cm³/mol. The van der Waals surface area contributed by atoms with E-state index in [1.54, 1.807) is 12.3 Å². The Kier molecular flexibility index (Phi) is 3.46. The Morgan fingerprint density at radius 3 is 2.88 bits per heavy atom. The zero-order chi connectivity index (χ0) is 12.1. The topological polar surface area (TPSA) is 88.8 Å². The summed E-state index contributed by atoms with van der Waals surface area (Å²) in [4.78, 5) is 12.1. The smallest absolute Gasteiger partial charge is 0.145 e. The summed E-state index contributed by atoms with van der Waals surface area (Å²) in [6.07, 6.45) is 5.07. The molecule has 0 amide bonds. The lowest BCUT2D eigenvalue weighted by molar-refractivity contribution is 1.05. The van der Waals surface area contributed by atoms with Crippen LogP contribution in [0.1, 0.15) is 11.1 Å². The molecule has 0 spiro atoms. The van der Waals surface area contributed by atoms with Crippen LogP contribution in [0.15, 0.2) is 30.9 Å². The van der Waals surface area contributed by atoms with Crippen LogP contribution in [0.25, 0.3) is 0 Å². The standard InChI is InChI=1S/C11H14N6/c1-8-5-13-3-2-9(8)6-14-10-4-11(17-12)16-7-15-10/h2-5,7H,6,12H2,1H3,(H2,14,15,16,17). The average Bonchev–Trinajstić information content (AvgIpc) is 2.38. The van der Waals surface area contributed by atoms with Crippen LogP contribution in [0, 0.1) is 6.92 Å². The summed E-state index contributed by atoms with van der Waals surface area (Å²) in [5.74, 6) is 6.58. The quantitative estimate of drug-likeness (QED) is 0.538. The van der Waals surface area contributed by atoms with Crippen molar-refractivity contribution >= 4 is 11.6 Å². The number of aromatic nitrogens is 3. The van der Waals surface area contributed by atoms with E-state index in [0.717, 1.165) is 11.4 Å². The van der Waals surface area contributed by atoms with E-state index >= 15 is 0 Å². The van der Waals surface area contributed by atoms with Crippen molar-refractivity contribution in [1.82, 2.24) is 15.0 Å². The number of hydrogen-bond donors (Lipinski definition) is 3. The van der Waals surface area contributed by atoms with E-state index < -0.39 is 0 Å². The van der Waals surface area contributed by atoms with Gasteiger partial charge >= 0.3 is 0 Å². The second-order valence-corrected chi connectivity index (χ2v) is 3.59. The maximum absolute atomic E-state index is 5.27. The van der Waals surface area contributed by atoms with Gasteiger partial charge in [0, 0.05) is 25.0 Å². The number of nitrogens with one attached hydrogen (secondary N) is 2. The lowest BCUT2D eigenvalue weighted by Gasteiger charge is -2.08. The van der Waals surface area contributed by atoms with Crippen molar-refractivity contribution in [1.29, 1.82) is 0 Å². The molecule has 0 aromatic carbocycles. The molecule has 0 unspecified atom stereocenters. The summed E-state index contributed by atoms with van der Waals surface area (Å²) in [5, 5.41) is 3.20. The third-order valence-electron chi connectivity index (χ3n) is 2.41. The number of nitrogen functional groups attached to an aromatic ring is 1. The molecule has 2 rings (SSSR count). The van der Waals surface area contributed by atoms with Crippen molar-refractivity contribution < 1.29 is 0 Å². The molecular formula is C11H14N6. The first-order valence-electron chi connectivity index (χ1n) is 5.21. The average molecular weight is 230 g/mol. The Morgan fingerprint density at radius 1 is 1.29 bits per heavy atom. The molecule has 0 aliphatic carbocycles. The van der Waals surface area contributed by atoms with Gasteiger partial charge in [-0.15, -0.1) is 0 Å². The summed E-state index contributed by atoms with van der Waals surface area (Å²) in [6, 6.07) is 3.72. The van der Waals surface area contributed by atoms with Crippen molar-refractivity contribution in [2.75, 3.05) is 10.7 Å². The van der Waals surface area contributed by atoms with E-state index in [-0.39, 0.29) is 0 Å². The van der Waals surface area contributed by atoms with E-state index in [4.69, 9.17) is 5.84 Å². The van der Waals surface area contributed by atoms with Crippen LogP contribution < -0.4 is 16.6 Å². The second-order valence-electron chi connectivity index (χ2n) is 3.59. The van der Waals surface area contributed by atoms with Crippen LogP contribution >= 0.6 is 0 Å². The number of anilines is 2. The fourth-order valence-electron chi connectivity index (χ4n) is 1.42. The third kappa shape index (κ3) is 2.88. The molecule has 6 nitrogen and oxygen atoms in total. The summed E-state index contributed by atoms with van der Waals surface area (Å²) in [6.45, 7) is 2.71. The minimum atomic E-state index is 0.578. The van der Waals surface area contributed by atoms with Gasteiger partial charge in [-0.2, -0.15) is 0 Å². The van der Waals surface area contributed by atoms with Crippen molar-refractivity contribution in [3.8, 4) is 0 Å². The summed E-state index contributed by atoms with van der Waals surface area (Å²) < 4.78 is 0. The summed E-state index contributed by atoms with van der Waals surface area (Å²) in [7, 11) is 0. The van der Waals surface area contributed by atoms with Gasteiger partial charge in [-0.25, -0.2) is 15.8 Å². The van der Waals surface area contributed by atoms with E-state index in [9.17, 15) is 0 Å². The maximum Gasteiger partial charge on any atom is 0.145 e. The van der Waals surface area contributed by atoms with E-state index in [2.05, 4.69) is 25.7 Å². The Morgan fingerprint density at radius 2 is 2.12 bits per heavy atom. The number of nitrogens with two attached hydrogens (primary N) is 1. The molecule has 4 N–H and O–H groups in total. The summed E-state index contributed by atoms with van der Waals surface area (Å²) >= 11 is 0. The third-order valence-corrected chi connectivity index (χ3v) is 2.41. The molecule has 0 fully saturated rings. The molecule has 0 aliphatic heterocycles. The van der Waals surface area contributed by atoms with Crippen LogP contribution in [-0.2, 0) is 6.54 Å². The van der Waals surface area contributed by atoms with Crippen LogP contribution in [0.3, 0.4) is 0 Å². The van der Waals surface area contributed by atoms with E-state index in [1.807, 2.05) is 19.2 Å². The molecule has 0 saturated heterocycles. The second kappa shape index (κ2) is 5.22. The van der Waals surface area contributed by atoms with Crippen molar-refractivity contribution in [3.05, 3.63) is 42.0 Å². The SMILES string of the molecule is Cc1cnccc1CNc1cc(NN)ncn1. The van der Waals surface area contributed by atoms with Crippen LogP contribution in [-0.4, -0.2) is 15.0 Å². The van der Waals surface area contributed by atoms with Crippen LogP contribution in [0.5, 0.6) is 0 Å². The lowest BCUT2D eigenvalue weighted by Crippen LogP contribution is -2.10. The molecule has 0 aliphatic rings. The highest BCUT2D eigenvalue weighted by Crippen LogP contribution is 2.10. The number of rotatable bonds is 4.